The molecule has 0 saturated carbocycles. The van der Waals surface area contributed by atoms with Crippen LogP contribution in [0.25, 0.3) is 10.8 Å². The van der Waals surface area contributed by atoms with Gasteiger partial charge < -0.3 is 9.84 Å². The van der Waals surface area contributed by atoms with Gasteiger partial charge in [-0.2, -0.15) is 4.98 Å². The molecule has 2 heterocycles. The van der Waals surface area contributed by atoms with E-state index in [0.29, 0.717) is 11.7 Å². The Morgan fingerprint density at radius 3 is 2.95 bits per heavy atom. The molecule has 0 aliphatic heterocycles. The van der Waals surface area contributed by atoms with Gasteiger partial charge in [0.2, 0.25) is 15.9 Å². The minimum atomic E-state index is -3.39. The lowest BCUT2D eigenvalue weighted by Gasteiger charge is -2.02. The lowest BCUT2D eigenvalue weighted by molar-refractivity contribution is -0.120. The molecule has 0 aliphatic rings. The highest BCUT2D eigenvalue weighted by Gasteiger charge is 2.11. The molecule has 10 heteroatoms. The number of carbonyl (C=O) groups is 1. The van der Waals surface area contributed by atoms with Gasteiger partial charge in [0.15, 0.2) is 5.82 Å². The number of hydrogen-bond donors (Lipinski definition) is 2. The van der Waals surface area contributed by atoms with Crippen molar-refractivity contribution in [2.75, 3.05) is 12.8 Å². The average Bonchev–Trinajstić information content (AvgIpc) is 3.03. The van der Waals surface area contributed by atoms with Crippen LogP contribution in [0.2, 0.25) is 0 Å². The summed E-state index contributed by atoms with van der Waals surface area (Å²) in [5, 5.41) is 8.09. The minimum absolute atomic E-state index is 0.0686. The summed E-state index contributed by atoms with van der Waals surface area (Å²) >= 11 is 1.46. The Balaban J connectivity index is 1.84. The first-order chi connectivity index (χ1) is 9.44. The first kappa shape index (κ1) is 14.6. The van der Waals surface area contributed by atoms with Crippen molar-refractivity contribution in [1.82, 2.24) is 20.2 Å². The van der Waals surface area contributed by atoms with Crippen LogP contribution in [0.4, 0.5) is 0 Å². The summed E-state index contributed by atoms with van der Waals surface area (Å²) in [4.78, 5) is 16.3. The fourth-order valence-electron chi connectivity index (χ4n) is 1.26. The Bertz CT molecular complexity index is 678. The summed E-state index contributed by atoms with van der Waals surface area (Å²) in [5.74, 6) is 0.234. The normalized spacial score (nSPS) is 11.4. The van der Waals surface area contributed by atoms with E-state index >= 15 is 0 Å². The molecule has 0 saturated heterocycles. The zero-order chi connectivity index (χ0) is 14.6. The summed E-state index contributed by atoms with van der Waals surface area (Å²) in [6.45, 7) is -0.256. The molecule has 0 spiro atoms. The molecule has 108 valence electrons. The quantitative estimate of drug-likeness (QED) is 0.773. The van der Waals surface area contributed by atoms with Crippen molar-refractivity contribution >= 4 is 27.3 Å². The van der Waals surface area contributed by atoms with Crippen LogP contribution in [0.1, 0.15) is 5.82 Å². The molecule has 0 unspecified atom stereocenters. The molecule has 0 aliphatic carbocycles. The molecule has 0 fully saturated rings. The predicted molar refractivity (Wildman–Crippen MR) is 72.3 cm³/mol. The summed E-state index contributed by atoms with van der Waals surface area (Å²) in [7, 11) is -3.39. The Morgan fingerprint density at radius 1 is 1.50 bits per heavy atom. The second-order valence-corrected chi connectivity index (χ2v) is 6.64. The van der Waals surface area contributed by atoms with E-state index < -0.39 is 15.9 Å². The molecule has 0 radical (unpaired) electrons. The van der Waals surface area contributed by atoms with Crippen molar-refractivity contribution in [2.24, 2.45) is 0 Å². The Hall–Kier alpha value is -1.78. The summed E-state index contributed by atoms with van der Waals surface area (Å²) in [6.07, 6.45) is 0.979. The van der Waals surface area contributed by atoms with Gasteiger partial charge in [-0.05, 0) is 11.4 Å². The van der Waals surface area contributed by atoms with E-state index in [0.717, 1.165) is 11.1 Å². The van der Waals surface area contributed by atoms with Crippen LogP contribution in [-0.4, -0.2) is 37.3 Å². The van der Waals surface area contributed by atoms with Crippen LogP contribution >= 0.6 is 11.3 Å². The molecule has 20 heavy (non-hydrogen) atoms. The van der Waals surface area contributed by atoms with E-state index in [1.807, 2.05) is 17.5 Å². The third kappa shape index (κ3) is 4.40. The first-order valence-electron chi connectivity index (χ1n) is 5.52. The number of carbonyl (C=O) groups excluding carboxylic acids is 1. The number of amides is 1. The smallest absolute Gasteiger partial charge is 0.268 e. The zero-order valence-corrected chi connectivity index (χ0v) is 12.1. The van der Waals surface area contributed by atoms with Gasteiger partial charge in [0.1, 0.15) is 0 Å². The van der Waals surface area contributed by atoms with Crippen molar-refractivity contribution in [3.8, 4) is 10.8 Å². The second-order valence-electron chi connectivity index (χ2n) is 3.86. The number of hydrogen-bond acceptors (Lipinski definition) is 7. The third-order valence-electron chi connectivity index (χ3n) is 2.14. The van der Waals surface area contributed by atoms with Gasteiger partial charge in [0.05, 0.1) is 24.2 Å². The maximum absolute atomic E-state index is 11.4. The molecule has 2 N–H and O–H groups in total. The maximum Gasteiger partial charge on any atom is 0.268 e. The predicted octanol–water partition coefficient (Wildman–Crippen LogP) is -0.0365. The fraction of sp³-hybridized carbons (Fsp3) is 0.300. The van der Waals surface area contributed by atoms with Crippen molar-refractivity contribution in [3.05, 3.63) is 23.3 Å². The first-order valence-corrected chi connectivity index (χ1v) is 8.29. The van der Waals surface area contributed by atoms with Crippen molar-refractivity contribution < 1.29 is 17.7 Å². The van der Waals surface area contributed by atoms with E-state index in [2.05, 4.69) is 20.2 Å². The van der Waals surface area contributed by atoms with Crippen LogP contribution in [0.15, 0.2) is 22.0 Å². The number of sulfonamides is 1. The lowest BCUT2D eigenvalue weighted by Crippen LogP contribution is -2.36. The third-order valence-corrected chi connectivity index (χ3v) is 3.67. The fourth-order valence-corrected chi connectivity index (χ4v) is 2.30. The molecule has 0 aromatic carbocycles. The van der Waals surface area contributed by atoms with Crippen LogP contribution < -0.4 is 10.0 Å². The molecular formula is C10H12N4O4S2. The molecule has 0 atom stereocenters. The number of rotatable bonds is 6. The SMILES string of the molecule is CS(=O)(=O)NCC(=O)NCc1noc(-c2cccs2)n1. The molecule has 1 amide bonds. The highest BCUT2D eigenvalue weighted by Crippen LogP contribution is 2.22. The van der Waals surface area contributed by atoms with E-state index in [4.69, 9.17) is 4.52 Å². The number of aromatic nitrogens is 2. The Labute approximate surface area is 119 Å². The molecule has 0 bridgehead atoms. The maximum atomic E-state index is 11.4. The number of nitrogens with one attached hydrogen (secondary N) is 2. The highest BCUT2D eigenvalue weighted by atomic mass is 32.2. The van der Waals surface area contributed by atoms with Crippen LogP contribution in [0.3, 0.4) is 0 Å². The Morgan fingerprint density at radius 2 is 2.30 bits per heavy atom. The van der Waals surface area contributed by atoms with Crippen LogP contribution in [0, 0.1) is 0 Å². The Kier molecular flexibility index (Phi) is 4.47. The summed E-state index contributed by atoms with van der Waals surface area (Å²) < 4.78 is 28.8. The largest absolute Gasteiger partial charge is 0.348 e. The molecule has 2 aromatic rings. The van der Waals surface area contributed by atoms with Crippen molar-refractivity contribution in [2.45, 2.75) is 6.54 Å². The van der Waals surface area contributed by atoms with Gasteiger partial charge in [-0.25, -0.2) is 13.1 Å². The standard InChI is InChI=1S/C10H12N4O4S2/c1-20(16,17)12-6-9(15)11-5-8-13-10(18-14-8)7-3-2-4-19-7/h2-4,12H,5-6H2,1H3,(H,11,15). The van der Waals surface area contributed by atoms with E-state index in [1.165, 1.54) is 11.3 Å². The summed E-state index contributed by atoms with van der Waals surface area (Å²) in [5.41, 5.74) is 0. The van der Waals surface area contributed by atoms with Crippen LogP contribution in [-0.2, 0) is 21.4 Å². The van der Waals surface area contributed by atoms with Crippen molar-refractivity contribution in [3.63, 3.8) is 0 Å². The van der Waals surface area contributed by atoms with Crippen LogP contribution in [0.5, 0.6) is 0 Å². The van der Waals surface area contributed by atoms with E-state index in [9.17, 15) is 13.2 Å². The van der Waals surface area contributed by atoms with Gasteiger partial charge in [-0.1, -0.05) is 11.2 Å². The monoisotopic (exact) mass is 316 g/mol. The lowest BCUT2D eigenvalue weighted by atomic mass is 10.4. The van der Waals surface area contributed by atoms with E-state index in [-0.39, 0.29) is 13.1 Å². The zero-order valence-electron chi connectivity index (χ0n) is 10.5. The van der Waals surface area contributed by atoms with Gasteiger partial charge in [-0.15, -0.1) is 11.3 Å². The molecule has 2 aromatic heterocycles. The summed E-state index contributed by atoms with van der Waals surface area (Å²) in [6, 6.07) is 3.71. The van der Waals surface area contributed by atoms with Crippen molar-refractivity contribution in [1.29, 1.82) is 0 Å². The number of thiophene rings is 1. The molecular weight excluding hydrogens is 304 g/mol. The van der Waals surface area contributed by atoms with E-state index in [1.54, 1.807) is 0 Å². The molecule has 2 rings (SSSR count). The van der Waals surface area contributed by atoms with Gasteiger partial charge in [-0.3, -0.25) is 4.79 Å². The van der Waals surface area contributed by atoms with Gasteiger partial charge in [0, 0.05) is 0 Å². The highest BCUT2D eigenvalue weighted by molar-refractivity contribution is 7.88. The average molecular weight is 316 g/mol. The van der Waals surface area contributed by atoms with Gasteiger partial charge >= 0.3 is 0 Å². The number of nitrogens with zero attached hydrogens (tertiary/aromatic N) is 2. The topological polar surface area (TPSA) is 114 Å². The second kappa shape index (κ2) is 6.11. The molecule has 8 nitrogen and oxygen atoms in total. The minimum Gasteiger partial charge on any atom is -0.348 e. The van der Waals surface area contributed by atoms with Gasteiger partial charge in [0.25, 0.3) is 5.89 Å².